The van der Waals surface area contributed by atoms with Gasteiger partial charge in [0.25, 0.3) is 0 Å². The molecule has 0 unspecified atom stereocenters. The van der Waals surface area contributed by atoms with Crippen LogP contribution in [0.4, 0.5) is 13.2 Å². The molecule has 20 heavy (non-hydrogen) atoms. The predicted octanol–water partition coefficient (Wildman–Crippen LogP) is 4.49. The van der Waals surface area contributed by atoms with E-state index in [1.165, 1.54) is 19.1 Å². The maximum absolute atomic E-state index is 12.8. The van der Waals surface area contributed by atoms with Crippen LogP contribution >= 0.6 is 0 Å². The number of aryl methyl sites for hydroxylation is 4. The maximum Gasteiger partial charge on any atom is 0.416 e. The standard InChI is InChI=1S/C15H16F3NO/c1-10-6-7-12(9-14(10)15(16,17)18)4-3-5-13-8-11(2)19-20-13/h6-9H,3-5H2,1-2H3. The first-order chi connectivity index (χ1) is 9.36. The van der Waals surface area contributed by atoms with Gasteiger partial charge in [0, 0.05) is 12.5 Å². The van der Waals surface area contributed by atoms with Gasteiger partial charge in [0.2, 0.25) is 0 Å². The van der Waals surface area contributed by atoms with Gasteiger partial charge in [-0.3, -0.25) is 0 Å². The Kier molecular flexibility index (Phi) is 4.16. The van der Waals surface area contributed by atoms with Crippen molar-refractivity contribution < 1.29 is 17.7 Å². The van der Waals surface area contributed by atoms with E-state index in [0.717, 1.165) is 17.9 Å². The minimum absolute atomic E-state index is 0.257. The van der Waals surface area contributed by atoms with Gasteiger partial charge in [0.05, 0.1) is 11.3 Å². The lowest BCUT2D eigenvalue weighted by molar-refractivity contribution is -0.138. The van der Waals surface area contributed by atoms with Crippen molar-refractivity contribution in [1.29, 1.82) is 0 Å². The van der Waals surface area contributed by atoms with Crippen LogP contribution in [-0.4, -0.2) is 5.16 Å². The van der Waals surface area contributed by atoms with Crippen molar-refractivity contribution in [2.75, 3.05) is 0 Å². The molecule has 0 radical (unpaired) electrons. The topological polar surface area (TPSA) is 26.0 Å². The summed E-state index contributed by atoms with van der Waals surface area (Å²) in [6.45, 7) is 3.31. The molecule has 0 aliphatic carbocycles. The number of aromatic nitrogens is 1. The Hall–Kier alpha value is -1.78. The molecule has 5 heteroatoms. The van der Waals surface area contributed by atoms with E-state index in [4.69, 9.17) is 4.52 Å². The van der Waals surface area contributed by atoms with Gasteiger partial charge in [-0.25, -0.2) is 0 Å². The molecule has 0 spiro atoms. The second kappa shape index (κ2) is 5.69. The molecule has 0 bridgehead atoms. The van der Waals surface area contributed by atoms with E-state index in [-0.39, 0.29) is 5.56 Å². The Bertz CT molecular complexity index is 587. The lowest BCUT2D eigenvalue weighted by Crippen LogP contribution is -2.08. The van der Waals surface area contributed by atoms with Crippen LogP contribution in [0.3, 0.4) is 0 Å². The monoisotopic (exact) mass is 283 g/mol. The molecule has 108 valence electrons. The van der Waals surface area contributed by atoms with Gasteiger partial charge in [-0.1, -0.05) is 17.3 Å². The molecule has 2 nitrogen and oxygen atoms in total. The first-order valence-electron chi connectivity index (χ1n) is 6.45. The molecule has 0 aliphatic heterocycles. The fraction of sp³-hybridized carbons (Fsp3) is 0.400. The smallest absolute Gasteiger partial charge is 0.361 e. The highest BCUT2D eigenvalue weighted by Crippen LogP contribution is 2.32. The third-order valence-electron chi connectivity index (χ3n) is 3.17. The minimum atomic E-state index is -4.29. The zero-order chi connectivity index (χ0) is 14.8. The van der Waals surface area contributed by atoms with Crippen LogP contribution in [0.25, 0.3) is 0 Å². The van der Waals surface area contributed by atoms with Gasteiger partial charge in [-0.2, -0.15) is 13.2 Å². The number of rotatable bonds is 4. The van der Waals surface area contributed by atoms with Gasteiger partial charge >= 0.3 is 6.18 Å². The Labute approximate surface area is 115 Å². The van der Waals surface area contributed by atoms with Gasteiger partial charge < -0.3 is 4.52 Å². The van der Waals surface area contributed by atoms with Crippen molar-refractivity contribution in [3.05, 3.63) is 52.4 Å². The fourth-order valence-corrected chi connectivity index (χ4v) is 2.13. The Morgan fingerprint density at radius 2 is 1.85 bits per heavy atom. The Morgan fingerprint density at radius 3 is 2.45 bits per heavy atom. The van der Waals surface area contributed by atoms with Crippen LogP contribution in [-0.2, 0) is 19.0 Å². The first kappa shape index (κ1) is 14.6. The average Bonchev–Trinajstić information content (AvgIpc) is 2.76. The fourth-order valence-electron chi connectivity index (χ4n) is 2.13. The molecule has 0 aliphatic rings. The summed E-state index contributed by atoms with van der Waals surface area (Å²) in [5.74, 6) is 0.769. The predicted molar refractivity (Wildman–Crippen MR) is 69.4 cm³/mol. The molecule has 2 rings (SSSR count). The highest BCUT2D eigenvalue weighted by atomic mass is 19.4. The van der Waals surface area contributed by atoms with Crippen LogP contribution in [0.2, 0.25) is 0 Å². The zero-order valence-corrected chi connectivity index (χ0v) is 11.4. The van der Waals surface area contributed by atoms with Crippen LogP contribution in [0.5, 0.6) is 0 Å². The summed E-state index contributed by atoms with van der Waals surface area (Å²) in [4.78, 5) is 0. The molecule has 2 aromatic rings. The van der Waals surface area contributed by atoms with Gasteiger partial charge in [0.15, 0.2) is 0 Å². The molecule has 0 atom stereocenters. The average molecular weight is 283 g/mol. The molecule has 0 saturated carbocycles. The summed E-state index contributed by atoms with van der Waals surface area (Å²) in [7, 11) is 0. The number of nitrogens with zero attached hydrogens (tertiary/aromatic N) is 1. The first-order valence-corrected chi connectivity index (χ1v) is 6.45. The Morgan fingerprint density at radius 1 is 1.10 bits per heavy atom. The van der Waals surface area contributed by atoms with Crippen molar-refractivity contribution in [3.63, 3.8) is 0 Å². The largest absolute Gasteiger partial charge is 0.416 e. The molecule has 0 saturated heterocycles. The van der Waals surface area contributed by atoms with Crippen molar-refractivity contribution >= 4 is 0 Å². The molecule has 0 N–H and O–H groups in total. The molecule has 0 fully saturated rings. The molecule has 1 heterocycles. The normalized spacial score (nSPS) is 11.8. The van der Waals surface area contributed by atoms with E-state index >= 15 is 0 Å². The van der Waals surface area contributed by atoms with Crippen molar-refractivity contribution in [3.8, 4) is 0 Å². The molecular formula is C15H16F3NO. The van der Waals surface area contributed by atoms with Crippen LogP contribution in [0, 0.1) is 13.8 Å². The van der Waals surface area contributed by atoms with Crippen LogP contribution in [0.1, 0.15) is 34.6 Å². The summed E-state index contributed by atoms with van der Waals surface area (Å²) >= 11 is 0. The summed E-state index contributed by atoms with van der Waals surface area (Å²) in [6.07, 6.45) is -2.30. The Balaban J connectivity index is 2.00. The van der Waals surface area contributed by atoms with E-state index < -0.39 is 11.7 Å². The summed E-state index contributed by atoms with van der Waals surface area (Å²) in [5.41, 5.74) is 1.21. The lowest BCUT2D eigenvalue weighted by Gasteiger charge is -2.11. The van der Waals surface area contributed by atoms with Crippen LogP contribution in [0.15, 0.2) is 28.8 Å². The highest BCUT2D eigenvalue weighted by molar-refractivity contribution is 5.33. The number of halogens is 3. The van der Waals surface area contributed by atoms with Gasteiger partial charge in [-0.05, 0) is 43.9 Å². The maximum atomic E-state index is 12.8. The van der Waals surface area contributed by atoms with E-state index in [0.29, 0.717) is 18.4 Å². The second-order valence-electron chi connectivity index (χ2n) is 4.94. The number of hydrogen-bond donors (Lipinski definition) is 0. The van der Waals surface area contributed by atoms with E-state index in [2.05, 4.69) is 5.16 Å². The van der Waals surface area contributed by atoms with Gasteiger partial charge in [-0.15, -0.1) is 0 Å². The molecule has 1 aromatic carbocycles. The van der Waals surface area contributed by atoms with Crippen molar-refractivity contribution in [1.82, 2.24) is 5.16 Å². The van der Waals surface area contributed by atoms with Crippen molar-refractivity contribution in [2.24, 2.45) is 0 Å². The third kappa shape index (κ3) is 3.62. The van der Waals surface area contributed by atoms with E-state index in [1.54, 1.807) is 6.07 Å². The summed E-state index contributed by atoms with van der Waals surface area (Å²) < 4.78 is 43.5. The van der Waals surface area contributed by atoms with Crippen molar-refractivity contribution in [2.45, 2.75) is 39.3 Å². The number of alkyl halides is 3. The molecule has 0 amide bonds. The second-order valence-corrected chi connectivity index (χ2v) is 4.94. The molecular weight excluding hydrogens is 267 g/mol. The van der Waals surface area contributed by atoms with Gasteiger partial charge in [0.1, 0.15) is 5.76 Å². The summed E-state index contributed by atoms with van der Waals surface area (Å²) in [5, 5.41) is 3.78. The lowest BCUT2D eigenvalue weighted by atomic mass is 10.0. The third-order valence-corrected chi connectivity index (χ3v) is 3.17. The highest BCUT2D eigenvalue weighted by Gasteiger charge is 2.32. The van der Waals surface area contributed by atoms with E-state index in [9.17, 15) is 13.2 Å². The number of hydrogen-bond acceptors (Lipinski definition) is 2. The molecule has 1 aromatic heterocycles. The minimum Gasteiger partial charge on any atom is -0.361 e. The quantitative estimate of drug-likeness (QED) is 0.826. The van der Waals surface area contributed by atoms with E-state index in [1.807, 2.05) is 13.0 Å². The SMILES string of the molecule is Cc1cc(CCCc2ccc(C)c(C(F)(F)F)c2)on1. The zero-order valence-electron chi connectivity index (χ0n) is 11.4. The number of benzene rings is 1. The van der Waals surface area contributed by atoms with Crippen LogP contribution < -0.4 is 0 Å². The summed E-state index contributed by atoms with van der Waals surface area (Å²) in [6, 6.07) is 6.35.